The van der Waals surface area contributed by atoms with Crippen LogP contribution >= 0.6 is 0 Å². The molecule has 0 aromatic carbocycles. The number of esters is 1. The van der Waals surface area contributed by atoms with E-state index in [0.717, 1.165) is 12.8 Å². The molecule has 0 aromatic heterocycles. The minimum absolute atomic E-state index is 0.114. The fraction of sp³-hybridized carbons (Fsp3) is 0.714. The highest BCUT2D eigenvalue weighted by Gasteiger charge is 1.96. The Morgan fingerprint density at radius 1 is 1.67 bits per heavy atom. The average molecular weight is 129 g/mol. The maximum Gasteiger partial charge on any atom is 0.305 e. The smallest absolute Gasteiger partial charge is 0.305 e. The van der Waals surface area contributed by atoms with Gasteiger partial charge in [-0.3, -0.25) is 4.79 Å². The van der Waals surface area contributed by atoms with E-state index in [1.165, 1.54) is 7.11 Å². The molecule has 0 unspecified atom stereocenters. The van der Waals surface area contributed by atoms with Gasteiger partial charge < -0.3 is 4.74 Å². The standard InChI is InChI=1S/C7H13O2/c1-3-4-5-6-7(8)9-2/h3H,4-6H2,1-2H3. The molecule has 2 heteroatoms. The number of rotatable bonds is 4. The van der Waals surface area contributed by atoms with E-state index in [1.807, 2.05) is 13.3 Å². The molecule has 53 valence electrons. The first-order valence-electron chi connectivity index (χ1n) is 3.16. The fourth-order valence-corrected chi connectivity index (χ4v) is 0.553. The van der Waals surface area contributed by atoms with Crippen molar-refractivity contribution in [3.8, 4) is 0 Å². The maximum absolute atomic E-state index is 10.5. The van der Waals surface area contributed by atoms with Crippen molar-refractivity contribution in [2.24, 2.45) is 0 Å². The lowest BCUT2D eigenvalue weighted by Gasteiger charge is -1.95. The Kier molecular flexibility index (Phi) is 5.27. The van der Waals surface area contributed by atoms with Gasteiger partial charge in [0.05, 0.1) is 7.11 Å². The highest BCUT2D eigenvalue weighted by atomic mass is 16.5. The summed E-state index contributed by atoms with van der Waals surface area (Å²) in [6.07, 6.45) is 4.49. The molecular formula is C7H13O2. The van der Waals surface area contributed by atoms with Gasteiger partial charge in [0.25, 0.3) is 0 Å². The quantitative estimate of drug-likeness (QED) is 0.425. The third kappa shape index (κ3) is 5.34. The molecule has 0 aromatic rings. The minimum atomic E-state index is -0.114. The summed E-state index contributed by atoms with van der Waals surface area (Å²) in [5.41, 5.74) is 0. The lowest BCUT2D eigenvalue weighted by Crippen LogP contribution is -1.98. The van der Waals surface area contributed by atoms with Crippen LogP contribution in [-0.4, -0.2) is 13.1 Å². The van der Waals surface area contributed by atoms with Gasteiger partial charge in [0, 0.05) is 6.42 Å². The van der Waals surface area contributed by atoms with E-state index in [1.54, 1.807) is 0 Å². The predicted molar refractivity (Wildman–Crippen MR) is 35.8 cm³/mol. The molecule has 0 fully saturated rings. The highest BCUT2D eigenvalue weighted by Crippen LogP contribution is 1.98. The molecular weight excluding hydrogens is 116 g/mol. The van der Waals surface area contributed by atoms with Gasteiger partial charge in [-0.05, 0) is 19.3 Å². The topological polar surface area (TPSA) is 26.3 Å². The first-order chi connectivity index (χ1) is 4.31. The Morgan fingerprint density at radius 3 is 2.78 bits per heavy atom. The molecule has 0 saturated heterocycles. The Morgan fingerprint density at radius 2 is 2.33 bits per heavy atom. The van der Waals surface area contributed by atoms with Gasteiger partial charge in [0.1, 0.15) is 0 Å². The SMILES string of the molecule is C[CH]CCCC(=O)OC. The predicted octanol–water partition coefficient (Wildman–Crippen LogP) is 1.55. The highest BCUT2D eigenvalue weighted by molar-refractivity contribution is 5.68. The van der Waals surface area contributed by atoms with Gasteiger partial charge in [0.2, 0.25) is 0 Å². The number of ether oxygens (including phenoxy) is 1. The third-order valence-corrected chi connectivity index (χ3v) is 1.10. The van der Waals surface area contributed by atoms with Gasteiger partial charge in [-0.2, -0.15) is 0 Å². The molecule has 0 saturated carbocycles. The molecule has 0 aliphatic heterocycles. The minimum Gasteiger partial charge on any atom is -0.469 e. The average Bonchev–Trinajstić information content (AvgIpc) is 1.89. The van der Waals surface area contributed by atoms with Crippen molar-refractivity contribution >= 4 is 5.97 Å². The molecule has 0 amide bonds. The molecule has 0 spiro atoms. The Hall–Kier alpha value is -0.530. The van der Waals surface area contributed by atoms with Gasteiger partial charge in [-0.1, -0.05) is 6.92 Å². The van der Waals surface area contributed by atoms with Gasteiger partial charge in [-0.15, -0.1) is 0 Å². The maximum atomic E-state index is 10.5. The zero-order valence-corrected chi connectivity index (χ0v) is 6.02. The van der Waals surface area contributed by atoms with Gasteiger partial charge in [-0.25, -0.2) is 0 Å². The van der Waals surface area contributed by atoms with Crippen LogP contribution in [0.25, 0.3) is 0 Å². The van der Waals surface area contributed by atoms with Crippen LogP contribution in [0.15, 0.2) is 0 Å². The van der Waals surface area contributed by atoms with E-state index in [9.17, 15) is 4.79 Å². The molecule has 0 N–H and O–H groups in total. The second kappa shape index (κ2) is 5.60. The van der Waals surface area contributed by atoms with Crippen molar-refractivity contribution < 1.29 is 9.53 Å². The van der Waals surface area contributed by atoms with Crippen LogP contribution in [0.2, 0.25) is 0 Å². The fourth-order valence-electron chi connectivity index (χ4n) is 0.553. The van der Waals surface area contributed by atoms with Crippen LogP contribution in [0.3, 0.4) is 0 Å². The molecule has 0 heterocycles. The normalized spacial score (nSPS) is 9.11. The Bertz CT molecular complexity index is 79.0. The van der Waals surface area contributed by atoms with Crippen LogP contribution in [0, 0.1) is 6.42 Å². The van der Waals surface area contributed by atoms with Crippen LogP contribution in [0.1, 0.15) is 26.2 Å². The zero-order valence-electron chi connectivity index (χ0n) is 6.02. The van der Waals surface area contributed by atoms with Crippen LogP contribution in [0.4, 0.5) is 0 Å². The summed E-state index contributed by atoms with van der Waals surface area (Å²) >= 11 is 0. The summed E-state index contributed by atoms with van der Waals surface area (Å²) in [7, 11) is 1.41. The second-order valence-corrected chi connectivity index (χ2v) is 1.88. The van der Waals surface area contributed by atoms with Gasteiger partial charge in [0.15, 0.2) is 0 Å². The molecule has 0 atom stereocenters. The van der Waals surface area contributed by atoms with E-state index in [4.69, 9.17) is 0 Å². The molecule has 0 rings (SSSR count). The monoisotopic (exact) mass is 129 g/mol. The number of methoxy groups -OCH3 is 1. The Balaban J connectivity index is 2.97. The molecule has 0 bridgehead atoms. The van der Waals surface area contributed by atoms with E-state index < -0.39 is 0 Å². The van der Waals surface area contributed by atoms with Gasteiger partial charge >= 0.3 is 5.97 Å². The summed E-state index contributed by atoms with van der Waals surface area (Å²) in [6, 6.07) is 0. The van der Waals surface area contributed by atoms with E-state index in [2.05, 4.69) is 4.74 Å². The van der Waals surface area contributed by atoms with Crippen molar-refractivity contribution in [3.63, 3.8) is 0 Å². The van der Waals surface area contributed by atoms with Crippen molar-refractivity contribution in [2.45, 2.75) is 26.2 Å². The van der Waals surface area contributed by atoms with Crippen molar-refractivity contribution in [1.82, 2.24) is 0 Å². The summed E-state index contributed by atoms with van der Waals surface area (Å²) in [6.45, 7) is 1.98. The molecule has 0 aliphatic carbocycles. The largest absolute Gasteiger partial charge is 0.469 e. The number of carbonyl (C=O) groups excluding carboxylic acids is 1. The number of hydrogen-bond acceptors (Lipinski definition) is 2. The van der Waals surface area contributed by atoms with E-state index in [0.29, 0.717) is 6.42 Å². The van der Waals surface area contributed by atoms with Crippen molar-refractivity contribution in [3.05, 3.63) is 6.42 Å². The zero-order chi connectivity index (χ0) is 7.11. The second-order valence-electron chi connectivity index (χ2n) is 1.88. The van der Waals surface area contributed by atoms with Crippen molar-refractivity contribution in [2.75, 3.05) is 7.11 Å². The molecule has 0 aliphatic rings. The van der Waals surface area contributed by atoms with Crippen LogP contribution in [-0.2, 0) is 9.53 Å². The lowest BCUT2D eigenvalue weighted by atomic mass is 10.2. The first kappa shape index (κ1) is 8.47. The summed E-state index contributed by atoms with van der Waals surface area (Å²) in [4.78, 5) is 10.5. The molecule has 1 radical (unpaired) electrons. The first-order valence-corrected chi connectivity index (χ1v) is 3.16. The summed E-state index contributed by atoms with van der Waals surface area (Å²) in [5.74, 6) is -0.114. The lowest BCUT2D eigenvalue weighted by molar-refractivity contribution is -0.140. The molecule has 9 heavy (non-hydrogen) atoms. The Labute approximate surface area is 56.2 Å². The number of unbranched alkanes of at least 4 members (excludes halogenated alkanes) is 2. The molecule has 2 nitrogen and oxygen atoms in total. The van der Waals surface area contributed by atoms with Crippen LogP contribution in [0.5, 0.6) is 0 Å². The number of hydrogen-bond donors (Lipinski definition) is 0. The van der Waals surface area contributed by atoms with Crippen molar-refractivity contribution in [1.29, 1.82) is 0 Å². The summed E-state index contributed by atoms with van der Waals surface area (Å²) in [5, 5.41) is 0. The third-order valence-electron chi connectivity index (χ3n) is 1.10. The van der Waals surface area contributed by atoms with Crippen LogP contribution < -0.4 is 0 Å². The summed E-state index contributed by atoms with van der Waals surface area (Å²) < 4.78 is 4.44. The van der Waals surface area contributed by atoms with E-state index in [-0.39, 0.29) is 5.97 Å². The number of carbonyl (C=O) groups is 1. The van der Waals surface area contributed by atoms with E-state index >= 15 is 0 Å².